The molecule has 2 bridgehead atoms. The lowest BCUT2D eigenvalue weighted by atomic mass is 9.69. The number of fused-ring (bicyclic) bond motifs is 4. The summed E-state index contributed by atoms with van der Waals surface area (Å²) in [5.41, 5.74) is 2.84. The number of carbonyl (C=O) groups is 1. The van der Waals surface area contributed by atoms with Crippen LogP contribution in [0.1, 0.15) is 56.9 Å². The highest BCUT2D eigenvalue weighted by Gasteiger charge is 2.46. The lowest BCUT2D eigenvalue weighted by molar-refractivity contribution is 0.0805. The molecule has 1 aromatic carbocycles. The van der Waals surface area contributed by atoms with Gasteiger partial charge in [-0.1, -0.05) is 24.6 Å². The molecule has 28 heavy (non-hydrogen) atoms. The monoisotopic (exact) mass is 381 g/mol. The fraction of sp³-hybridized carbons (Fsp3) is 0.708. The molecular formula is C24H35N3O. The van der Waals surface area contributed by atoms with Crippen LogP contribution in [0.15, 0.2) is 24.3 Å². The van der Waals surface area contributed by atoms with Gasteiger partial charge in [-0.3, -0.25) is 4.90 Å². The van der Waals surface area contributed by atoms with Crippen molar-refractivity contribution in [2.24, 2.45) is 11.8 Å². The Morgan fingerprint density at radius 1 is 1.04 bits per heavy atom. The van der Waals surface area contributed by atoms with Gasteiger partial charge in [0.2, 0.25) is 0 Å². The molecule has 5 rings (SSSR count). The zero-order valence-electron chi connectivity index (χ0n) is 17.6. The van der Waals surface area contributed by atoms with E-state index in [-0.39, 0.29) is 11.4 Å². The lowest BCUT2D eigenvalue weighted by Crippen LogP contribution is -2.48. The maximum absolute atomic E-state index is 12.8. The van der Waals surface area contributed by atoms with Gasteiger partial charge in [-0.2, -0.15) is 0 Å². The number of likely N-dealkylation sites (tertiary alicyclic amines) is 1. The summed E-state index contributed by atoms with van der Waals surface area (Å²) < 4.78 is 0. The van der Waals surface area contributed by atoms with Crippen molar-refractivity contribution in [2.45, 2.75) is 62.8 Å². The molecular weight excluding hydrogens is 346 g/mol. The van der Waals surface area contributed by atoms with Gasteiger partial charge in [-0.05, 0) is 86.9 Å². The van der Waals surface area contributed by atoms with Gasteiger partial charge in [0, 0.05) is 32.4 Å². The van der Waals surface area contributed by atoms with Crippen LogP contribution in [0.5, 0.6) is 0 Å². The second-order valence-corrected chi connectivity index (χ2v) is 10.0. The zero-order valence-corrected chi connectivity index (χ0v) is 17.6. The smallest absolute Gasteiger partial charge is 0.323 e. The molecule has 1 saturated heterocycles. The molecule has 2 aliphatic heterocycles. The number of benzene rings is 1. The molecule has 2 heterocycles. The third-order valence-electron chi connectivity index (χ3n) is 8.34. The molecule has 2 aliphatic carbocycles. The number of hydrogen-bond acceptors (Lipinski definition) is 2. The Labute approximate surface area is 169 Å². The van der Waals surface area contributed by atoms with Crippen LogP contribution in [-0.4, -0.2) is 55.6 Å². The minimum absolute atomic E-state index is 0.115. The second-order valence-electron chi connectivity index (χ2n) is 10.0. The van der Waals surface area contributed by atoms with E-state index >= 15 is 0 Å². The summed E-state index contributed by atoms with van der Waals surface area (Å²) in [7, 11) is 3.72. The molecule has 4 nitrogen and oxygen atoms in total. The van der Waals surface area contributed by atoms with Gasteiger partial charge in [0.15, 0.2) is 0 Å². The fourth-order valence-corrected chi connectivity index (χ4v) is 6.89. The summed E-state index contributed by atoms with van der Waals surface area (Å²) >= 11 is 0. The predicted molar refractivity (Wildman–Crippen MR) is 114 cm³/mol. The van der Waals surface area contributed by atoms with Gasteiger partial charge in [-0.15, -0.1) is 0 Å². The Balaban J connectivity index is 1.39. The van der Waals surface area contributed by atoms with Crippen LogP contribution in [-0.2, 0) is 5.41 Å². The summed E-state index contributed by atoms with van der Waals surface area (Å²) in [6.07, 6.45) is 10.7. The van der Waals surface area contributed by atoms with Gasteiger partial charge < -0.3 is 9.80 Å². The van der Waals surface area contributed by atoms with E-state index in [1.54, 1.807) is 4.90 Å². The molecule has 1 unspecified atom stereocenters. The van der Waals surface area contributed by atoms with E-state index in [1.165, 1.54) is 63.6 Å². The van der Waals surface area contributed by atoms with E-state index in [9.17, 15) is 4.79 Å². The maximum Gasteiger partial charge on any atom is 0.323 e. The Bertz CT molecular complexity index is 737. The van der Waals surface area contributed by atoms with Crippen molar-refractivity contribution in [3.63, 3.8) is 0 Å². The molecule has 4 aliphatic rings. The Morgan fingerprint density at radius 3 is 2.50 bits per heavy atom. The quantitative estimate of drug-likeness (QED) is 0.716. The number of rotatable bonds is 1. The van der Waals surface area contributed by atoms with Crippen LogP contribution in [0.2, 0.25) is 0 Å². The van der Waals surface area contributed by atoms with Crippen molar-refractivity contribution in [1.82, 2.24) is 9.80 Å². The number of piperidine rings is 1. The average Bonchev–Trinajstić information content (AvgIpc) is 3.31. The van der Waals surface area contributed by atoms with E-state index in [0.29, 0.717) is 0 Å². The van der Waals surface area contributed by atoms with Crippen LogP contribution in [0.3, 0.4) is 0 Å². The van der Waals surface area contributed by atoms with Gasteiger partial charge in [0.1, 0.15) is 0 Å². The second kappa shape index (κ2) is 7.05. The third kappa shape index (κ3) is 2.96. The van der Waals surface area contributed by atoms with E-state index in [4.69, 9.17) is 0 Å². The summed E-state index contributed by atoms with van der Waals surface area (Å²) in [4.78, 5) is 19.4. The molecule has 0 aromatic heterocycles. The summed E-state index contributed by atoms with van der Waals surface area (Å²) in [6, 6.07) is 9.73. The molecule has 152 valence electrons. The number of anilines is 1. The summed E-state index contributed by atoms with van der Waals surface area (Å²) in [6.45, 7) is 3.32. The molecule has 1 spiro atoms. The summed E-state index contributed by atoms with van der Waals surface area (Å²) in [5, 5.41) is 0. The Morgan fingerprint density at radius 2 is 1.82 bits per heavy atom. The number of urea groups is 1. The zero-order chi connectivity index (χ0) is 19.3. The van der Waals surface area contributed by atoms with Crippen LogP contribution in [0.4, 0.5) is 10.5 Å². The van der Waals surface area contributed by atoms with Crippen molar-refractivity contribution in [3.05, 3.63) is 29.8 Å². The highest BCUT2D eigenvalue weighted by Crippen LogP contribution is 2.50. The molecule has 2 amide bonds. The number of para-hydroxylation sites is 1. The molecule has 3 fully saturated rings. The number of nitrogens with zero attached hydrogens (tertiary/aromatic N) is 3. The molecule has 1 aromatic rings. The van der Waals surface area contributed by atoms with E-state index < -0.39 is 0 Å². The predicted octanol–water partition coefficient (Wildman–Crippen LogP) is 4.49. The minimum atomic E-state index is 0.115. The van der Waals surface area contributed by atoms with E-state index in [0.717, 1.165) is 36.5 Å². The molecule has 0 N–H and O–H groups in total. The SMILES string of the molecule is CN(C)C(=O)N1CCCC2(CCN(C3C[C@@H]4CC[C@@H]3C4)CC2)c2ccccc21. The average molecular weight is 382 g/mol. The number of carbonyl (C=O) groups excluding carboxylic acids is 1. The normalized spacial score (nSPS) is 31.6. The first-order valence-electron chi connectivity index (χ1n) is 11.4. The van der Waals surface area contributed by atoms with Crippen LogP contribution >= 0.6 is 0 Å². The van der Waals surface area contributed by atoms with Crippen LogP contribution in [0, 0.1) is 11.8 Å². The minimum Gasteiger partial charge on any atom is -0.330 e. The van der Waals surface area contributed by atoms with E-state index in [1.807, 2.05) is 19.0 Å². The Hall–Kier alpha value is -1.55. The van der Waals surface area contributed by atoms with Crippen molar-refractivity contribution < 1.29 is 4.79 Å². The first-order chi connectivity index (χ1) is 13.6. The first kappa shape index (κ1) is 18.5. The molecule has 2 saturated carbocycles. The van der Waals surface area contributed by atoms with Gasteiger partial charge in [0.05, 0.1) is 0 Å². The standard InChI is InChI=1S/C24H35N3O/c1-25(2)23(28)27-13-5-10-24(20-6-3-4-7-21(20)27)11-14-26(15-12-24)22-17-18-8-9-19(22)16-18/h3-4,6-7,18-19,22H,5,8-17H2,1-2H3/t18-,19-,22?/m1/s1. The number of amides is 2. The van der Waals surface area contributed by atoms with Crippen molar-refractivity contribution in [3.8, 4) is 0 Å². The summed E-state index contributed by atoms with van der Waals surface area (Å²) in [5.74, 6) is 2.00. The topological polar surface area (TPSA) is 26.8 Å². The van der Waals surface area contributed by atoms with Gasteiger partial charge >= 0.3 is 6.03 Å². The molecule has 4 heteroatoms. The first-order valence-corrected chi connectivity index (χ1v) is 11.4. The molecule has 0 radical (unpaired) electrons. The third-order valence-corrected chi connectivity index (χ3v) is 8.34. The highest BCUT2D eigenvalue weighted by atomic mass is 16.2. The van der Waals surface area contributed by atoms with Gasteiger partial charge in [0.25, 0.3) is 0 Å². The number of hydrogen-bond donors (Lipinski definition) is 0. The maximum atomic E-state index is 12.8. The fourth-order valence-electron chi connectivity index (χ4n) is 6.89. The van der Waals surface area contributed by atoms with Crippen molar-refractivity contribution >= 4 is 11.7 Å². The van der Waals surface area contributed by atoms with Crippen molar-refractivity contribution in [2.75, 3.05) is 38.6 Å². The van der Waals surface area contributed by atoms with Crippen LogP contribution < -0.4 is 4.90 Å². The lowest BCUT2D eigenvalue weighted by Gasteiger charge is -2.46. The van der Waals surface area contributed by atoms with E-state index in [2.05, 4.69) is 29.2 Å². The Kier molecular flexibility index (Phi) is 4.65. The van der Waals surface area contributed by atoms with Crippen LogP contribution in [0.25, 0.3) is 0 Å². The van der Waals surface area contributed by atoms with Gasteiger partial charge in [-0.25, -0.2) is 4.79 Å². The molecule has 3 atom stereocenters. The van der Waals surface area contributed by atoms with Crippen molar-refractivity contribution in [1.29, 1.82) is 0 Å². The highest BCUT2D eigenvalue weighted by molar-refractivity contribution is 5.93. The largest absolute Gasteiger partial charge is 0.330 e.